The van der Waals surface area contributed by atoms with E-state index in [1.807, 2.05) is 20.8 Å². The minimum Gasteiger partial charge on any atom is -0.337 e. The Labute approximate surface area is 131 Å². The molecular weight excluding hydrogens is 304 g/mol. The van der Waals surface area contributed by atoms with Crippen molar-refractivity contribution in [3.63, 3.8) is 0 Å². The fourth-order valence-corrected chi connectivity index (χ4v) is 3.31. The van der Waals surface area contributed by atoms with Gasteiger partial charge in [0.15, 0.2) is 0 Å². The summed E-state index contributed by atoms with van der Waals surface area (Å²) in [4.78, 5) is 11.0. The first-order valence-corrected chi connectivity index (χ1v) is 7.80. The van der Waals surface area contributed by atoms with E-state index < -0.39 is 11.6 Å². The molecule has 3 aromatic rings. The molecule has 114 valence electrons. The number of nitrogens with zero attached hydrogens (tertiary/aromatic N) is 2. The van der Waals surface area contributed by atoms with Gasteiger partial charge in [0.05, 0.1) is 11.1 Å². The van der Waals surface area contributed by atoms with E-state index >= 15 is 0 Å². The summed E-state index contributed by atoms with van der Waals surface area (Å²) in [5, 5.41) is 3.88. The van der Waals surface area contributed by atoms with Gasteiger partial charge in [-0.05, 0) is 31.5 Å². The zero-order valence-electron chi connectivity index (χ0n) is 12.5. The smallest absolute Gasteiger partial charge is 0.149 e. The number of anilines is 2. The minimum atomic E-state index is -0.644. The molecule has 0 fully saturated rings. The average Bonchev–Trinajstić information content (AvgIpc) is 2.77. The van der Waals surface area contributed by atoms with Crippen molar-refractivity contribution >= 4 is 33.1 Å². The van der Waals surface area contributed by atoms with Crippen molar-refractivity contribution in [1.29, 1.82) is 0 Å². The van der Waals surface area contributed by atoms with Crippen molar-refractivity contribution in [2.24, 2.45) is 0 Å². The molecule has 0 radical (unpaired) electrons. The lowest BCUT2D eigenvalue weighted by Crippen LogP contribution is -2.02. The lowest BCUT2D eigenvalue weighted by molar-refractivity contribution is 0.586. The van der Waals surface area contributed by atoms with Crippen LogP contribution in [0.25, 0.3) is 10.2 Å². The highest BCUT2D eigenvalue weighted by Gasteiger charge is 2.15. The van der Waals surface area contributed by atoms with Gasteiger partial charge in [-0.25, -0.2) is 18.7 Å². The molecule has 0 saturated carbocycles. The number of fused-ring (bicyclic) bond motifs is 1. The molecule has 3 rings (SSSR count). The molecule has 0 aliphatic heterocycles. The second-order valence-electron chi connectivity index (χ2n) is 5.05. The number of hydrogen-bond acceptors (Lipinski definition) is 4. The molecule has 0 atom stereocenters. The first-order chi connectivity index (χ1) is 10.5. The summed E-state index contributed by atoms with van der Waals surface area (Å²) >= 11 is 1.59. The topological polar surface area (TPSA) is 37.8 Å². The summed E-state index contributed by atoms with van der Waals surface area (Å²) in [6.45, 7) is 5.99. The largest absolute Gasteiger partial charge is 0.337 e. The Morgan fingerprint density at radius 1 is 1.18 bits per heavy atom. The number of thiophene rings is 1. The van der Waals surface area contributed by atoms with Crippen LogP contribution < -0.4 is 5.32 Å². The molecule has 0 unspecified atom stereocenters. The van der Waals surface area contributed by atoms with Gasteiger partial charge in [0, 0.05) is 17.4 Å². The molecule has 6 heteroatoms. The fourth-order valence-electron chi connectivity index (χ4n) is 2.26. The second kappa shape index (κ2) is 5.61. The van der Waals surface area contributed by atoms with Crippen LogP contribution in [0.1, 0.15) is 23.2 Å². The molecule has 0 aliphatic carbocycles. The third kappa shape index (κ3) is 2.54. The predicted octanol–water partition coefficient (Wildman–Crippen LogP) is 4.89. The van der Waals surface area contributed by atoms with Crippen molar-refractivity contribution in [2.75, 3.05) is 5.32 Å². The Morgan fingerprint density at radius 2 is 1.95 bits per heavy atom. The molecule has 3 nitrogen and oxygen atoms in total. The van der Waals surface area contributed by atoms with Crippen molar-refractivity contribution in [3.8, 4) is 0 Å². The predicted molar refractivity (Wildman–Crippen MR) is 85.9 cm³/mol. The highest BCUT2D eigenvalue weighted by molar-refractivity contribution is 7.18. The van der Waals surface area contributed by atoms with Gasteiger partial charge in [0.2, 0.25) is 0 Å². The molecule has 0 amide bonds. The van der Waals surface area contributed by atoms with Crippen LogP contribution in [-0.4, -0.2) is 9.97 Å². The van der Waals surface area contributed by atoms with E-state index in [0.29, 0.717) is 18.1 Å². The van der Waals surface area contributed by atoms with Crippen molar-refractivity contribution < 1.29 is 8.78 Å². The van der Waals surface area contributed by atoms with Crippen molar-refractivity contribution in [3.05, 3.63) is 46.1 Å². The van der Waals surface area contributed by atoms with E-state index in [4.69, 9.17) is 0 Å². The van der Waals surface area contributed by atoms with Crippen LogP contribution in [0.2, 0.25) is 0 Å². The lowest BCUT2D eigenvalue weighted by atomic mass is 10.2. The third-order valence-electron chi connectivity index (χ3n) is 3.58. The standard InChI is InChI=1S/C16H15F2N3S/c1-4-13-20-15(14-8(2)9(3)22-16(14)21-13)19-12-6-5-10(17)7-11(12)18/h5-7H,4H2,1-3H3,(H,19,20,21). The summed E-state index contributed by atoms with van der Waals surface area (Å²) in [7, 11) is 0. The summed E-state index contributed by atoms with van der Waals surface area (Å²) in [6.07, 6.45) is 0.687. The summed E-state index contributed by atoms with van der Waals surface area (Å²) in [6, 6.07) is 3.45. The Bertz CT molecular complexity index is 858. The maximum absolute atomic E-state index is 13.9. The number of benzene rings is 1. The van der Waals surface area contributed by atoms with Gasteiger partial charge in [0.1, 0.15) is 28.1 Å². The second-order valence-corrected chi connectivity index (χ2v) is 6.26. The molecule has 2 aromatic heterocycles. The molecule has 0 saturated heterocycles. The molecule has 0 bridgehead atoms. The van der Waals surface area contributed by atoms with Gasteiger partial charge in [-0.15, -0.1) is 11.3 Å². The average molecular weight is 319 g/mol. The van der Waals surface area contributed by atoms with Gasteiger partial charge in [0.25, 0.3) is 0 Å². The van der Waals surface area contributed by atoms with E-state index in [1.165, 1.54) is 12.1 Å². The summed E-state index contributed by atoms with van der Waals surface area (Å²) in [5.74, 6) is 0.00934. The number of halogens is 2. The highest BCUT2D eigenvalue weighted by atomic mass is 32.1. The van der Waals surface area contributed by atoms with Crippen LogP contribution >= 0.6 is 11.3 Å². The SMILES string of the molecule is CCc1nc(Nc2ccc(F)cc2F)c2c(C)c(C)sc2n1. The van der Waals surface area contributed by atoms with Gasteiger partial charge >= 0.3 is 0 Å². The molecule has 1 aromatic carbocycles. The Morgan fingerprint density at radius 3 is 2.64 bits per heavy atom. The fraction of sp³-hybridized carbons (Fsp3) is 0.250. The first kappa shape index (κ1) is 14.8. The number of hydrogen-bond donors (Lipinski definition) is 1. The maximum atomic E-state index is 13.9. The van der Waals surface area contributed by atoms with E-state index in [1.54, 1.807) is 11.3 Å². The Kier molecular flexibility index (Phi) is 3.78. The molecular formula is C16H15F2N3S. The van der Waals surface area contributed by atoms with E-state index in [-0.39, 0.29) is 5.69 Å². The monoisotopic (exact) mass is 319 g/mol. The van der Waals surface area contributed by atoms with Crippen LogP contribution in [0, 0.1) is 25.5 Å². The van der Waals surface area contributed by atoms with Gasteiger partial charge in [-0.3, -0.25) is 0 Å². The molecule has 22 heavy (non-hydrogen) atoms. The van der Waals surface area contributed by atoms with E-state index in [2.05, 4.69) is 15.3 Å². The summed E-state index contributed by atoms with van der Waals surface area (Å²) in [5.41, 5.74) is 1.28. The van der Waals surface area contributed by atoms with Crippen LogP contribution in [0.15, 0.2) is 18.2 Å². The van der Waals surface area contributed by atoms with E-state index in [0.717, 1.165) is 26.7 Å². The van der Waals surface area contributed by atoms with Crippen LogP contribution in [-0.2, 0) is 6.42 Å². The van der Waals surface area contributed by atoms with Gasteiger partial charge in [-0.1, -0.05) is 6.92 Å². The van der Waals surface area contributed by atoms with Crippen LogP contribution in [0.3, 0.4) is 0 Å². The third-order valence-corrected chi connectivity index (χ3v) is 4.68. The number of nitrogens with one attached hydrogen (secondary N) is 1. The van der Waals surface area contributed by atoms with Crippen molar-refractivity contribution in [1.82, 2.24) is 9.97 Å². The maximum Gasteiger partial charge on any atom is 0.149 e. The van der Waals surface area contributed by atoms with Crippen LogP contribution in [0.5, 0.6) is 0 Å². The highest BCUT2D eigenvalue weighted by Crippen LogP contribution is 2.35. The molecule has 2 heterocycles. The normalized spacial score (nSPS) is 11.1. The molecule has 0 aliphatic rings. The van der Waals surface area contributed by atoms with Crippen LogP contribution in [0.4, 0.5) is 20.3 Å². The first-order valence-electron chi connectivity index (χ1n) is 6.98. The minimum absolute atomic E-state index is 0.201. The van der Waals surface area contributed by atoms with Crippen molar-refractivity contribution in [2.45, 2.75) is 27.2 Å². The zero-order valence-corrected chi connectivity index (χ0v) is 13.3. The Balaban J connectivity index is 2.16. The lowest BCUT2D eigenvalue weighted by Gasteiger charge is -2.10. The number of aryl methyl sites for hydroxylation is 3. The number of rotatable bonds is 3. The van der Waals surface area contributed by atoms with Gasteiger partial charge in [-0.2, -0.15) is 0 Å². The Hall–Kier alpha value is -2.08. The molecule has 1 N–H and O–H groups in total. The van der Waals surface area contributed by atoms with Gasteiger partial charge < -0.3 is 5.32 Å². The summed E-state index contributed by atoms with van der Waals surface area (Å²) < 4.78 is 26.9. The number of aromatic nitrogens is 2. The zero-order chi connectivity index (χ0) is 15.9. The quantitative estimate of drug-likeness (QED) is 0.746. The van der Waals surface area contributed by atoms with E-state index in [9.17, 15) is 8.78 Å². The molecule has 0 spiro atoms.